The second-order valence-electron chi connectivity index (χ2n) is 4.81. The van der Waals surface area contributed by atoms with E-state index in [0.717, 1.165) is 12.1 Å². The van der Waals surface area contributed by atoms with Gasteiger partial charge in [-0.25, -0.2) is 4.68 Å². The lowest BCUT2D eigenvalue weighted by Gasteiger charge is -2.07. The summed E-state index contributed by atoms with van der Waals surface area (Å²) in [5.74, 6) is -0.142. The van der Waals surface area contributed by atoms with Crippen molar-refractivity contribution >= 4 is 11.6 Å². The molecule has 0 aliphatic carbocycles. The van der Waals surface area contributed by atoms with Crippen molar-refractivity contribution in [1.82, 2.24) is 20.2 Å². The van der Waals surface area contributed by atoms with E-state index >= 15 is 0 Å². The number of nitrogens with one attached hydrogen (secondary N) is 1. The molecule has 0 fully saturated rings. The van der Waals surface area contributed by atoms with Gasteiger partial charge in [0.15, 0.2) is 0 Å². The van der Waals surface area contributed by atoms with Gasteiger partial charge in [-0.05, 0) is 52.7 Å². The highest BCUT2D eigenvalue weighted by Gasteiger charge is 2.07. The van der Waals surface area contributed by atoms with Crippen LogP contribution in [0.1, 0.15) is 22.8 Å². The molecule has 22 heavy (non-hydrogen) atoms. The maximum absolute atomic E-state index is 12.3. The Balaban J connectivity index is 1.77. The van der Waals surface area contributed by atoms with E-state index in [0.29, 0.717) is 11.3 Å². The molecule has 1 amide bonds. The summed E-state index contributed by atoms with van der Waals surface area (Å²) >= 11 is 0. The van der Waals surface area contributed by atoms with Gasteiger partial charge < -0.3 is 5.32 Å². The largest absolute Gasteiger partial charge is 0.322 e. The second kappa shape index (κ2) is 6.17. The van der Waals surface area contributed by atoms with Crippen molar-refractivity contribution in [3.8, 4) is 5.69 Å². The third-order valence-electron chi connectivity index (χ3n) is 3.34. The van der Waals surface area contributed by atoms with Crippen LogP contribution in [-0.2, 0) is 6.42 Å². The normalized spacial score (nSPS) is 10.4. The average Bonchev–Trinajstić information content (AvgIpc) is 3.10. The van der Waals surface area contributed by atoms with Crippen LogP contribution in [0, 0.1) is 0 Å². The first-order valence-corrected chi connectivity index (χ1v) is 7.00. The molecule has 0 saturated heterocycles. The van der Waals surface area contributed by atoms with E-state index in [1.165, 1.54) is 16.6 Å². The first kappa shape index (κ1) is 13.9. The van der Waals surface area contributed by atoms with E-state index < -0.39 is 0 Å². The minimum Gasteiger partial charge on any atom is -0.322 e. The Bertz CT molecular complexity index is 765. The minimum atomic E-state index is -0.142. The van der Waals surface area contributed by atoms with E-state index in [4.69, 9.17) is 0 Å². The lowest BCUT2D eigenvalue weighted by molar-refractivity contribution is 0.102. The van der Waals surface area contributed by atoms with Crippen LogP contribution in [0.3, 0.4) is 0 Å². The molecule has 6 heteroatoms. The van der Waals surface area contributed by atoms with Crippen molar-refractivity contribution in [2.75, 3.05) is 5.32 Å². The van der Waals surface area contributed by atoms with Gasteiger partial charge in [0.05, 0.1) is 5.69 Å². The smallest absolute Gasteiger partial charge is 0.255 e. The Hall–Kier alpha value is -3.02. The maximum Gasteiger partial charge on any atom is 0.255 e. The Morgan fingerprint density at radius 3 is 2.68 bits per heavy atom. The van der Waals surface area contributed by atoms with Gasteiger partial charge >= 0.3 is 0 Å². The number of benzene rings is 2. The summed E-state index contributed by atoms with van der Waals surface area (Å²) in [6, 6.07) is 14.9. The SMILES string of the molecule is CCc1ccc(C(=O)Nc2cccc(-n3cnnn3)c2)cc1. The number of carbonyl (C=O) groups excluding carboxylic acids is 1. The number of anilines is 1. The molecular formula is C16H15N5O. The van der Waals surface area contributed by atoms with Gasteiger partial charge in [0, 0.05) is 11.3 Å². The molecule has 0 aliphatic rings. The molecule has 6 nitrogen and oxygen atoms in total. The Kier molecular flexibility index (Phi) is 3.91. The molecule has 0 atom stereocenters. The number of nitrogens with zero attached hydrogens (tertiary/aromatic N) is 4. The van der Waals surface area contributed by atoms with Crippen molar-refractivity contribution in [3.63, 3.8) is 0 Å². The molecule has 2 aromatic carbocycles. The second-order valence-corrected chi connectivity index (χ2v) is 4.81. The first-order chi connectivity index (χ1) is 10.8. The fourth-order valence-corrected chi connectivity index (χ4v) is 2.10. The van der Waals surface area contributed by atoms with Crippen LogP contribution < -0.4 is 5.32 Å². The molecule has 1 aromatic heterocycles. The molecule has 1 heterocycles. The molecule has 0 unspecified atom stereocenters. The molecular weight excluding hydrogens is 278 g/mol. The number of rotatable bonds is 4. The molecule has 0 radical (unpaired) electrons. The van der Waals surface area contributed by atoms with Crippen molar-refractivity contribution in [2.24, 2.45) is 0 Å². The highest BCUT2D eigenvalue weighted by Crippen LogP contribution is 2.15. The number of hydrogen-bond donors (Lipinski definition) is 1. The van der Waals surface area contributed by atoms with Crippen LogP contribution in [0.25, 0.3) is 5.69 Å². The van der Waals surface area contributed by atoms with Crippen LogP contribution in [0.5, 0.6) is 0 Å². The van der Waals surface area contributed by atoms with Gasteiger partial charge in [-0.15, -0.1) is 5.10 Å². The first-order valence-electron chi connectivity index (χ1n) is 7.00. The molecule has 0 aliphatic heterocycles. The number of tetrazole rings is 1. The van der Waals surface area contributed by atoms with E-state index in [-0.39, 0.29) is 5.91 Å². The highest BCUT2D eigenvalue weighted by atomic mass is 16.1. The zero-order chi connectivity index (χ0) is 15.4. The fraction of sp³-hybridized carbons (Fsp3) is 0.125. The van der Waals surface area contributed by atoms with Gasteiger partial charge in [0.2, 0.25) is 0 Å². The van der Waals surface area contributed by atoms with E-state index in [2.05, 4.69) is 27.8 Å². The van der Waals surface area contributed by atoms with Gasteiger partial charge in [-0.1, -0.05) is 25.1 Å². The quantitative estimate of drug-likeness (QED) is 0.802. The number of amides is 1. The predicted octanol–water partition coefficient (Wildman–Crippen LogP) is 2.48. The standard InChI is InChI=1S/C16H15N5O/c1-2-12-6-8-13(9-7-12)16(22)18-14-4-3-5-15(10-14)21-11-17-19-20-21/h3-11H,2H2,1H3,(H,18,22). The lowest BCUT2D eigenvalue weighted by atomic mass is 10.1. The van der Waals surface area contributed by atoms with Crippen molar-refractivity contribution in [1.29, 1.82) is 0 Å². The molecule has 3 aromatic rings. The molecule has 1 N–H and O–H groups in total. The molecule has 0 spiro atoms. The minimum absolute atomic E-state index is 0.142. The topological polar surface area (TPSA) is 72.7 Å². The molecule has 0 bridgehead atoms. The van der Waals surface area contributed by atoms with Crippen LogP contribution in [0.4, 0.5) is 5.69 Å². The van der Waals surface area contributed by atoms with Crippen LogP contribution >= 0.6 is 0 Å². The van der Waals surface area contributed by atoms with E-state index in [1.54, 1.807) is 0 Å². The monoisotopic (exact) mass is 293 g/mol. The highest BCUT2D eigenvalue weighted by molar-refractivity contribution is 6.04. The summed E-state index contributed by atoms with van der Waals surface area (Å²) in [4.78, 5) is 12.3. The zero-order valence-corrected chi connectivity index (χ0v) is 12.1. The van der Waals surface area contributed by atoms with Crippen molar-refractivity contribution < 1.29 is 4.79 Å². The third-order valence-corrected chi connectivity index (χ3v) is 3.34. The van der Waals surface area contributed by atoms with Crippen LogP contribution in [-0.4, -0.2) is 26.1 Å². The Morgan fingerprint density at radius 1 is 1.18 bits per heavy atom. The Labute approximate surface area is 127 Å². The van der Waals surface area contributed by atoms with Gasteiger partial charge in [0.1, 0.15) is 6.33 Å². The van der Waals surface area contributed by atoms with Crippen molar-refractivity contribution in [2.45, 2.75) is 13.3 Å². The third kappa shape index (κ3) is 3.01. The van der Waals surface area contributed by atoms with Gasteiger partial charge in [-0.2, -0.15) is 0 Å². The number of carbonyl (C=O) groups is 1. The van der Waals surface area contributed by atoms with Crippen LogP contribution in [0.2, 0.25) is 0 Å². The number of hydrogen-bond acceptors (Lipinski definition) is 4. The van der Waals surface area contributed by atoms with Gasteiger partial charge in [0.25, 0.3) is 5.91 Å². The number of aromatic nitrogens is 4. The van der Waals surface area contributed by atoms with Crippen LogP contribution in [0.15, 0.2) is 54.9 Å². The molecule has 3 rings (SSSR count). The Morgan fingerprint density at radius 2 is 2.00 bits per heavy atom. The summed E-state index contributed by atoms with van der Waals surface area (Å²) < 4.78 is 1.53. The summed E-state index contributed by atoms with van der Waals surface area (Å²) in [6.45, 7) is 2.08. The van der Waals surface area contributed by atoms with E-state index in [9.17, 15) is 4.79 Å². The summed E-state index contributed by atoms with van der Waals surface area (Å²) in [7, 11) is 0. The average molecular weight is 293 g/mol. The lowest BCUT2D eigenvalue weighted by Crippen LogP contribution is -2.12. The zero-order valence-electron chi connectivity index (χ0n) is 12.1. The van der Waals surface area contributed by atoms with Crippen molar-refractivity contribution in [3.05, 3.63) is 66.0 Å². The fourth-order valence-electron chi connectivity index (χ4n) is 2.10. The maximum atomic E-state index is 12.3. The summed E-state index contributed by atoms with van der Waals surface area (Å²) in [5.41, 5.74) is 3.31. The van der Waals surface area contributed by atoms with E-state index in [1.807, 2.05) is 48.5 Å². The molecule has 0 saturated carbocycles. The number of aryl methyl sites for hydroxylation is 1. The summed E-state index contributed by atoms with van der Waals surface area (Å²) in [6.07, 6.45) is 2.46. The predicted molar refractivity (Wildman–Crippen MR) is 82.9 cm³/mol. The summed E-state index contributed by atoms with van der Waals surface area (Å²) in [5, 5.41) is 13.9. The van der Waals surface area contributed by atoms with Gasteiger partial charge in [-0.3, -0.25) is 4.79 Å². The molecule has 110 valence electrons.